The summed E-state index contributed by atoms with van der Waals surface area (Å²) >= 11 is 0. The van der Waals surface area contributed by atoms with Crippen molar-refractivity contribution in [3.05, 3.63) is 54.1 Å². The van der Waals surface area contributed by atoms with E-state index in [2.05, 4.69) is 10.2 Å². The summed E-state index contributed by atoms with van der Waals surface area (Å²) < 4.78 is 28.9. The summed E-state index contributed by atoms with van der Waals surface area (Å²) in [7, 11) is -3.66. The average Bonchev–Trinajstić information content (AvgIpc) is 3.08. The smallest absolute Gasteiger partial charge is 0.295 e. The van der Waals surface area contributed by atoms with E-state index in [0.717, 1.165) is 24.8 Å². The number of aromatic hydroxyl groups is 1. The third kappa shape index (κ3) is 3.98. The van der Waals surface area contributed by atoms with Gasteiger partial charge < -0.3 is 9.67 Å². The van der Waals surface area contributed by atoms with Crippen molar-refractivity contribution >= 4 is 32.5 Å². The minimum atomic E-state index is -3.66. The highest BCUT2D eigenvalue weighted by Crippen LogP contribution is 2.38. The van der Waals surface area contributed by atoms with Gasteiger partial charge in [-0.25, -0.2) is 8.42 Å². The van der Waals surface area contributed by atoms with E-state index in [1.165, 1.54) is 28.6 Å². The number of amides is 1. The van der Waals surface area contributed by atoms with Gasteiger partial charge in [0.15, 0.2) is 5.69 Å². The summed E-state index contributed by atoms with van der Waals surface area (Å²) in [5.74, 6) is -0.745. The molecule has 3 aromatic rings. The number of para-hydroxylation sites is 1. The van der Waals surface area contributed by atoms with Crippen molar-refractivity contribution in [3.8, 4) is 5.88 Å². The van der Waals surface area contributed by atoms with E-state index in [-0.39, 0.29) is 22.0 Å². The minimum absolute atomic E-state index is 0.0679. The zero-order valence-electron chi connectivity index (χ0n) is 17.2. The number of aryl methyl sites for hydroxylation is 1. The molecule has 1 N–H and O–H groups in total. The lowest BCUT2D eigenvalue weighted by Gasteiger charge is -2.25. The third-order valence-electron chi connectivity index (χ3n) is 5.51. The Morgan fingerprint density at radius 2 is 1.81 bits per heavy atom. The molecule has 1 fully saturated rings. The van der Waals surface area contributed by atoms with Crippen molar-refractivity contribution in [3.63, 3.8) is 0 Å². The first-order valence-corrected chi connectivity index (χ1v) is 11.7. The summed E-state index contributed by atoms with van der Waals surface area (Å²) in [6, 6.07) is 13.2. The number of carbonyl (C=O) groups is 1. The van der Waals surface area contributed by atoms with Gasteiger partial charge in [-0.3, -0.25) is 4.79 Å². The topological polar surface area (TPSA) is 104 Å². The second-order valence-electron chi connectivity index (χ2n) is 7.43. The number of sulfonamides is 1. The molecule has 2 aromatic carbocycles. The minimum Gasteiger partial charge on any atom is -0.493 e. The predicted octanol–water partition coefficient (Wildman–Crippen LogP) is 4.47. The number of hydrogen-bond donors (Lipinski definition) is 1. The Morgan fingerprint density at radius 3 is 2.55 bits per heavy atom. The zero-order chi connectivity index (χ0) is 22.0. The number of nitrogens with zero attached hydrogens (tertiary/aromatic N) is 4. The lowest BCUT2D eigenvalue weighted by molar-refractivity contribution is 0.0995. The van der Waals surface area contributed by atoms with Crippen LogP contribution in [0.25, 0.3) is 10.9 Å². The molecule has 1 amide bonds. The first-order valence-electron chi connectivity index (χ1n) is 10.3. The van der Waals surface area contributed by atoms with Crippen LogP contribution in [0.1, 0.15) is 36.5 Å². The summed E-state index contributed by atoms with van der Waals surface area (Å²) in [5.41, 5.74) is 1.13. The summed E-state index contributed by atoms with van der Waals surface area (Å²) in [6.45, 7) is 3.40. The Balaban J connectivity index is 1.63. The van der Waals surface area contributed by atoms with E-state index in [0.29, 0.717) is 25.0 Å². The molecule has 2 heterocycles. The fourth-order valence-corrected chi connectivity index (χ4v) is 5.45. The summed E-state index contributed by atoms with van der Waals surface area (Å²) in [6.07, 6.45) is 2.69. The van der Waals surface area contributed by atoms with Gasteiger partial charge in [-0.2, -0.15) is 4.31 Å². The SMILES string of the molecule is CCn1c(O)c(N=NC(=O)c2cccc(S(=O)(=O)N3CCCCC3)c2)c2ccccc21. The van der Waals surface area contributed by atoms with Gasteiger partial charge >= 0.3 is 0 Å². The molecule has 0 aliphatic carbocycles. The molecular formula is C22H24N4O4S. The van der Waals surface area contributed by atoms with Crippen molar-refractivity contribution < 1.29 is 18.3 Å². The summed E-state index contributed by atoms with van der Waals surface area (Å²) in [5, 5.41) is 19.0. The number of benzene rings is 2. The molecule has 8 nitrogen and oxygen atoms in total. The van der Waals surface area contributed by atoms with Crippen molar-refractivity contribution in [1.29, 1.82) is 0 Å². The van der Waals surface area contributed by atoms with E-state index in [4.69, 9.17) is 0 Å². The van der Waals surface area contributed by atoms with Crippen LogP contribution < -0.4 is 0 Å². The van der Waals surface area contributed by atoms with Crippen molar-refractivity contribution in [2.24, 2.45) is 10.2 Å². The van der Waals surface area contributed by atoms with Crippen LogP contribution in [-0.2, 0) is 16.6 Å². The molecule has 9 heteroatoms. The fraction of sp³-hybridized carbons (Fsp3) is 0.318. The summed E-state index contributed by atoms with van der Waals surface area (Å²) in [4.78, 5) is 12.7. The maximum Gasteiger partial charge on any atom is 0.295 e. The van der Waals surface area contributed by atoms with Crippen LogP contribution in [0.4, 0.5) is 5.69 Å². The maximum absolute atomic E-state index is 12.9. The van der Waals surface area contributed by atoms with Gasteiger partial charge in [0.25, 0.3) is 5.91 Å². The Kier molecular flexibility index (Phi) is 5.88. The fourth-order valence-electron chi connectivity index (χ4n) is 3.89. The molecule has 4 rings (SSSR count). The van der Waals surface area contributed by atoms with Gasteiger partial charge in [0.1, 0.15) is 0 Å². The highest BCUT2D eigenvalue weighted by Gasteiger charge is 2.26. The molecule has 1 aromatic heterocycles. The number of rotatable bonds is 5. The lowest BCUT2D eigenvalue weighted by Crippen LogP contribution is -2.35. The van der Waals surface area contributed by atoms with Gasteiger partial charge in [0.2, 0.25) is 15.9 Å². The zero-order valence-corrected chi connectivity index (χ0v) is 18.0. The van der Waals surface area contributed by atoms with E-state index >= 15 is 0 Å². The lowest BCUT2D eigenvalue weighted by atomic mass is 10.2. The molecule has 162 valence electrons. The molecule has 0 saturated carbocycles. The maximum atomic E-state index is 12.9. The quantitative estimate of drug-likeness (QED) is 0.591. The largest absolute Gasteiger partial charge is 0.493 e. The molecule has 0 bridgehead atoms. The average molecular weight is 441 g/mol. The van der Waals surface area contributed by atoms with E-state index < -0.39 is 15.9 Å². The number of fused-ring (bicyclic) bond motifs is 1. The van der Waals surface area contributed by atoms with Gasteiger partial charge in [-0.05, 0) is 44.0 Å². The monoisotopic (exact) mass is 440 g/mol. The Hall–Kier alpha value is -3.04. The van der Waals surface area contributed by atoms with E-state index in [1.54, 1.807) is 10.6 Å². The van der Waals surface area contributed by atoms with Gasteiger partial charge in [0.05, 0.1) is 10.4 Å². The molecule has 1 aliphatic rings. The first kappa shape index (κ1) is 21.2. The highest BCUT2D eigenvalue weighted by molar-refractivity contribution is 7.89. The second-order valence-corrected chi connectivity index (χ2v) is 9.37. The van der Waals surface area contributed by atoms with E-state index in [9.17, 15) is 18.3 Å². The highest BCUT2D eigenvalue weighted by atomic mass is 32.2. The second kappa shape index (κ2) is 8.60. The van der Waals surface area contributed by atoms with Crippen LogP contribution in [0.2, 0.25) is 0 Å². The number of hydrogen-bond acceptors (Lipinski definition) is 5. The van der Waals surface area contributed by atoms with Crippen LogP contribution >= 0.6 is 0 Å². The molecule has 0 spiro atoms. The standard InChI is InChI=1S/C22H24N4O4S/c1-2-26-19-12-5-4-11-18(19)20(22(26)28)23-24-21(27)16-9-8-10-17(15-16)31(29,30)25-13-6-3-7-14-25/h4-5,8-12,15,28H,2-3,6-7,13-14H2,1H3. The Morgan fingerprint density at radius 1 is 1.06 bits per heavy atom. The molecular weight excluding hydrogens is 416 g/mol. The number of azo groups is 1. The first-order chi connectivity index (χ1) is 14.9. The third-order valence-corrected chi connectivity index (χ3v) is 7.40. The van der Waals surface area contributed by atoms with Crippen molar-refractivity contribution in [2.75, 3.05) is 13.1 Å². The Labute approximate surface area is 180 Å². The predicted molar refractivity (Wildman–Crippen MR) is 117 cm³/mol. The van der Waals surface area contributed by atoms with Gasteiger partial charge in [-0.15, -0.1) is 10.2 Å². The molecule has 1 saturated heterocycles. The van der Waals surface area contributed by atoms with Crippen LogP contribution in [0, 0.1) is 0 Å². The molecule has 0 radical (unpaired) electrons. The number of aromatic nitrogens is 1. The van der Waals surface area contributed by atoms with Gasteiger partial charge in [-0.1, -0.05) is 30.7 Å². The molecule has 0 unspecified atom stereocenters. The normalized spacial score (nSPS) is 15.6. The van der Waals surface area contributed by atoms with Crippen LogP contribution in [0.3, 0.4) is 0 Å². The molecule has 31 heavy (non-hydrogen) atoms. The van der Waals surface area contributed by atoms with Crippen molar-refractivity contribution in [1.82, 2.24) is 8.87 Å². The van der Waals surface area contributed by atoms with Crippen LogP contribution in [0.15, 0.2) is 63.7 Å². The van der Waals surface area contributed by atoms with Crippen molar-refractivity contribution in [2.45, 2.75) is 37.6 Å². The van der Waals surface area contributed by atoms with Gasteiger partial charge in [0, 0.05) is 30.6 Å². The van der Waals surface area contributed by atoms with Crippen LogP contribution in [0.5, 0.6) is 5.88 Å². The van der Waals surface area contributed by atoms with E-state index in [1.807, 2.05) is 25.1 Å². The Bertz CT molecular complexity index is 1260. The molecule has 1 aliphatic heterocycles. The number of carbonyl (C=O) groups excluding carboxylic acids is 1. The van der Waals surface area contributed by atoms with Crippen LogP contribution in [-0.4, -0.2) is 41.4 Å². The molecule has 0 atom stereocenters. The number of piperidine rings is 1.